The molecular weight excluding hydrogens is 312 g/mol. The molecule has 0 N–H and O–H groups in total. The number of anilines is 1. The Labute approximate surface area is 152 Å². The van der Waals surface area contributed by atoms with E-state index in [0.717, 1.165) is 12.5 Å². The van der Waals surface area contributed by atoms with Gasteiger partial charge in [-0.05, 0) is 70.1 Å². The molecular formula is C21H32N2O2. The zero-order chi connectivity index (χ0) is 17.4. The molecule has 0 unspecified atom stereocenters. The number of methoxy groups -OCH3 is 1. The second-order valence-electron chi connectivity index (χ2n) is 8.36. The van der Waals surface area contributed by atoms with Gasteiger partial charge in [0.2, 0.25) is 0 Å². The Morgan fingerprint density at radius 1 is 1.12 bits per heavy atom. The van der Waals surface area contributed by atoms with Crippen LogP contribution in [0, 0.1) is 6.92 Å². The molecule has 1 aromatic rings. The summed E-state index contributed by atoms with van der Waals surface area (Å²) in [6.45, 7) is 7.76. The van der Waals surface area contributed by atoms with E-state index < -0.39 is 0 Å². The van der Waals surface area contributed by atoms with Crippen LogP contribution in [0.4, 0.5) is 5.69 Å². The van der Waals surface area contributed by atoms with Crippen molar-refractivity contribution in [2.75, 3.05) is 31.8 Å². The molecule has 4 nitrogen and oxygen atoms in total. The Balaban J connectivity index is 1.37. The van der Waals surface area contributed by atoms with E-state index in [-0.39, 0.29) is 0 Å². The van der Waals surface area contributed by atoms with Crippen LogP contribution < -0.4 is 9.64 Å². The van der Waals surface area contributed by atoms with Crippen molar-refractivity contribution >= 4 is 5.69 Å². The van der Waals surface area contributed by atoms with Gasteiger partial charge in [0.05, 0.1) is 11.8 Å². The molecule has 0 bridgehead atoms. The third-order valence-electron chi connectivity index (χ3n) is 6.79. The maximum Gasteiger partial charge on any atom is 0.161 e. The van der Waals surface area contributed by atoms with Crippen molar-refractivity contribution in [3.05, 3.63) is 23.8 Å². The van der Waals surface area contributed by atoms with Crippen LogP contribution in [0.2, 0.25) is 0 Å². The van der Waals surface area contributed by atoms with Gasteiger partial charge in [0, 0.05) is 31.8 Å². The number of rotatable bonds is 3. The molecule has 3 aliphatic rings. The molecule has 0 spiro atoms. The van der Waals surface area contributed by atoms with Crippen LogP contribution in [0.5, 0.6) is 5.75 Å². The number of piperidine rings is 1. The molecule has 2 aliphatic heterocycles. The second-order valence-corrected chi connectivity index (χ2v) is 8.36. The lowest BCUT2D eigenvalue weighted by Gasteiger charge is -2.49. The van der Waals surface area contributed by atoms with Gasteiger partial charge >= 0.3 is 0 Å². The molecule has 0 radical (unpaired) electrons. The number of likely N-dealkylation sites (tertiary alicyclic amines) is 1. The third kappa shape index (κ3) is 3.26. The fourth-order valence-corrected chi connectivity index (χ4v) is 4.97. The number of benzene rings is 1. The predicted octanol–water partition coefficient (Wildman–Crippen LogP) is 3.96. The lowest BCUT2D eigenvalue weighted by atomic mass is 9.79. The van der Waals surface area contributed by atoms with Gasteiger partial charge in [-0.15, -0.1) is 0 Å². The van der Waals surface area contributed by atoms with E-state index in [1.807, 2.05) is 7.11 Å². The number of ether oxygens (including phenoxy) is 2. The van der Waals surface area contributed by atoms with Gasteiger partial charge in [-0.1, -0.05) is 6.07 Å². The normalized spacial score (nSPS) is 31.0. The highest BCUT2D eigenvalue weighted by Crippen LogP contribution is 2.40. The summed E-state index contributed by atoms with van der Waals surface area (Å²) in [6, 6.07) is 7.15. The summed E-state index contributed by atoms with van der Waals surface area (Å²) >= 11 is 0. The fourth-order valence-electron chi connectivity index (χ4n) is 4.97. The SMILES string of the molecule is COC1CCC(C)(N2CCC(N3COc4ccc(C)cc43)CC2)CC1. The molecule has 4 heteroatoms. The zero-order valence-corrected chi connectivity index (χ0v) is 16.0. The van der Waals surface area contributed by atoms with Crippen LogP contribution in [-0.2, 0) is 4.74 Å². The molecule has 2 heterocycles. The smallest absolute Gasteiger partial charge is 0.161 e. The predicted molar refractivity (Wildman–Crippen MR) is 101 cm³/mol. The van der Waals surface area contributed by atoms with Crippen LogP contribution in [0.15, 0.2) is 18.2 Å². The maximum absolute atomic E-state index is 5.90. The van der Waals surface area contributed by atoms with Crippen molar-refractivity contribution in [2.45, 2.75) is 70.1 Å². The molecule has 2 fully saturated rings. The van der Waals surface area contributed by atoms with E-state index >= 15 is 0 Å². The van der Waals surface area contributed by atoms with Crippen molar-refractivity contribution < 1.29 is 9.47 Å². The molecule has 1 saturated carbocycles. The number of nitrogens with zero attached hydrogens (tertiary/aromatic N) is 2. The Morgan fingerprint density at radius 3 is 2.52 bits per heavy atom. The molecule has 0 atom stereocenters. The maximum atomic E-state index is 5.90. The van der Waals surface area contributed by atoms with E-state index in [2.05, 4.69) is 41.8 Å². The Bertz CT molecular complexity index is 602. The van der Waals surface area contributed by atoms with Gasteiger partial charge in [0.1, 0.15) is 5.75 Å². The Kier molecular flexibility index (Phi) is 4.67. The van der Waals surface area contributed by atoms with Crippen molar-refractivity contribution in [3.8, 4) is 5.75 Å². The Morgan fingerprint density at radius 2 is 1.84 bits per heavy atom. The first-order valence-corrected chi connectivity index (χ1v) is 9.87. The van der Waals surface area contributed by atoms with Gasteiger partial charge in [-0.3, -0.25) is 4.90 Å². The molecule has 1 saturated heterocycles. The zero-order valence-electron chi connectivity index (χ0n) is 16.0. The average Bonchev–Trinajstić information content (AvgIpc) is 3.05. The topological polar surface area (TPSA) is 24.9 Å². The summed E-state index contributed by atoms with van der Waals surface area (Å²) in [7, 11) is 1.86. The number of hydrogen-bond donors (Lipinski definition) is 0. The highest BCUT2D eigenvalue weighted by Gasteiger charge is 2.39. The summed E-state index contributed by atoms with van der Waals surface area (Å²) in [6.07, 6.45) is 7.90. The summed E-state index contributed by atoms with van der Waals surface area (Å²) in [5, 5.41) is 0. The highest BCUT2D eigenvalue weighted by molar-refractivity contribution is 5.63. The van der Waals surface area contributed by atoms with Crippen LogP contribution in [0.3, 0.4) is 0 Å². The highest BCUT2D eigenvalue weighted by atomic mass is 16.5. The number of aryl methyl sites for hydroxylation is 1. The van der Waals surface area contributed by atoms with E-state index in [1.54, 1.807) is 0 Å². The van der Waals surface area contributed by atoms with E-state index in [0.29, 0.717) is 17.7 Å². The van der Waals surface area contributed by atoms with E-state index in [1.165, 1.54) is 62.9 Å². The molecule has 138 valence electrons. The quantitative estimate of drug-likeness (QED) is 0.828. The lowest BCUT2D eigenvalue weighted by Crippen LogP contribution is -2.55. The monoisotopic (exact) mass is 344 g/mol. The van der Waals surface area contributed by atoms with Crippen LogP contribution in [0.1, 0.15) is 51.0 Å². The van der Waals surface area contributed by atoms with Crippen molar-refractivity contribution in [2.24, 2.45) is 0 Å². The number of fused-ring (bicyclic) bond motifs is 1. The molecule has 4 rings (SSSR count). The minimum atomic E-state index is 0.371. The molecule has 1 aliphatic carbocycles. The van der Waals surface area contributed by atoms with Crippen LogP contribution in [0.25, 0.3) is 0 Å². The Hall–Kier alpha value is -1.26. The standard InChI is InChI=1S/C21H32N2O2/c1-16-4-5-20-19(14-16)23(15-25-20)17-8-12-22(13-9-17)21(2)10-6-18(24-3)7-11-21/h4-5,14,17-18H,6-13,15H2,1-3H3. The summed E-state index contributed by atoms with van der Waals surface area (Å²) in [4.78, 5) is 5.24. The molecule has 0 amide bonds. The van der Waals surface area contributed by atoms with Gasteiger partial charge in [-0.2, -0.15) is 0 Å². The first-order valence-electron chi connectivity index (χ1n) is 9.87. The molecule has 1 aromatic carbocycles. The largest absolute Gasteiger partial charge is 0.471 e. The van der Waals surface area contributed by atoms with E-state index in [9.17, 15) is 0 Å². The number of hydrogen-bond acceptors (Lipinski definition) is 4. The van der Waals surface area contributed by atoms with Gasteiger partial charge in [-0.25, -0.2) is 0 Å². The molecule has 0 aromatic heterocycles. The van der Waals surface area contributed by atoms with Crippen LogP contribution >= 0.6 is 0 Å². The summed E-state index contributed by atoms with van der Waals surface area (Å²) in [5.41, 5.74) is 2.98. The minimum absolute atomic E-state index is 0.371. The first kappa shape index (κ1) is 17.2. The van der Waals surface area contributed by atoms with Gasteiger partial charge in [0.15, 0.2) is 6.73 Å². The van der Waals surface area contributed by atoms with Crippen molar-refractivity contribution in [1.29, 1.82) is 0 Å². The van der Waals surface area contributed by atoms with Crippen molar-refractivity contribution in [3.63, 3.8) is 0 Å². The van der Waals surface area contributed by atoms with Crippen molar-refractivity contribution in [1.82, 2.24) is 4.90 Å². The average molecular weight is 344 g/mol. The van der Waals surface area contributed by atoms with Gasteiger partial charge < -0.3 is 14.4 Å². The van der Waals surface area contributed by atoms with Gasteiger partial charge in [0.25, 0.3) is 0 Å². The van der Waals surface area contributed by atoms with Crippen LogP contribution in [-0.4, -0.2) is 49.5 Å². The molecule has 25 heavy (non-hydrogen) atoms. The summed E-state index contributed by atoms with van der Waals surface area (Å²) in [5.74, 6) is 1.05. The second kappa shape index (κ2) is 6.81. The first-order chi connectivity index (χ1) is 12.1. The third-order valence-corrected chi connectivity index (χ3v) is 6.79. The minimum Gasteiger partial charge on any atom is -0.471 e. The fraction of sp³-hybridized carbons (Fsp3) is 0.714. The lowest BCUT2D eigenvalue weighted by molar-refractivity contribution is -0.0118. The summed E-state index contributed by atoms with van der Waals surface area (Å²) < 4.78 is 11.5. The van der Waals surface area contributed by atoms with E-state index in [4.69, 9.17) is 9.47 Å².